The first-order chi connectivity index (χ1) is 10.4. The molecule has 0 spiro atoms. The van der Waals surface area contributed by atoms with Crippen LogP contribution in [0.3, 0.4) is 0 Å². The average molecular weight is 318 g/mol. The van der Waals surface area contributed by atoms with E-state index in [1.165, 1.54) is 6.33 Å². The fourth-order valence-corrected chi connectivity index (χ4v) is 1.62. The van der Waals surface area contributed by atoms with Crippen LogP contribution in [0.2, 0.25) is 0 Å². The second-order valence-electron chi connectivity index (χ2n) is 4.38. The molecule has 2 heterocycles. The molecule has 0 aromatic carbocycles. The van der Waals surface area contributed by atoms with Crippen LogP contribution in [0.1, 0.15) is 24.6 Å². The van der Waals surface area contributed by atoms with E-state index in [1.807, 2.05) is 0 Å². The van der Waals surface area contributed by atoms with Gasteiger partial charge in [0.2, 0.25) is 5.91 Å². The van der Waals surface area contributed by atoms with Crippen LogP contribution >= 0.6 is 0 Å². The number of aromatic nitrogens is 5. The van der Waals surface area contributed by atoms with E-state index in [1.54, 1.807) is 11.0 Å². The lowest BCUT2D eigenvalue weighted by molar-refractivity contribution is -0.159. The molecule has 22 heavy (non-hydrogen) atoms. The third kappa shape index (κ3) is 4.82. The molecule has 1 amide bonds. The number of nitrogens with one attached hydrogen (secondary N) is 1. The summed E-state index contributed by atoms with van der Waals surface area (Å²) in [5.41, 5.74) is 0. The van der Waals surface area contributed by atoms with Gasteiger partial charge in [0.05, 0.1) is 0 Å². The van der Waals surface area contributed by atoms with Gasteiger partial charge in [-0.3, -0.25) is 9.48 Å². The van der Waals surface area contributed by atoms with E-state index in [4.69, 9.17) is 0 Å². The van der Waals surface area contributed by atoms with Crippen molar-refractivity contribution in [1.29, 1.82) is 0 Å². The van der Waals surface area contributed by atoms with Gasteiger partial charge in [-0.2, -0.15) is 23.3 Å². The van der Waals surface area contributed by atoms with E-state index in [2.05, 4.69) is 30.1 Å². The largest absolute Gasteiger partial charge is 0.471 e. The van der Waals surface area contributed by atoms with Crippen LogP contribution < -0.4 is 5.32 Å². The molecule has 0 atom stereocenters. The van der Waals surface area contributed by atoms with Gasteiger partial charge in [-0.25, -0.2) is 4.98 Å². The van der Waals surface area contributed by atoms with Gasteiger partial charge in [-0.15, -0.1) is 0 Å². The van der Waals surface area contributed by atoms with Gasteiger partial charge in [-0.1, -0.05) is 5.16 Å². The number of amides is 1. The quantitative estimate of drug-likeness (QED) is 0.811. The number of halogens is 3. The van der Waals surface area contributed by atoms with Crippen molar-refractivity contribution in [3.8, 4) is 0 Å². The lowest BCUT2D eigenvalue weighted by atomic mass is 10.3. The third-order valence-electron chi connectivity index (χ3n) is 2.64. The van der Waals surface area contributed by atoms with Crippen LogP contribution in [-0.2, 0) is 23.9 Å². The fourth-order valence-electron chi connectivity index (χ4n) is 1.62. The minimum atomic E-state index is -4.66. The first kappa shape index (κ1) is 15.9. The number of rotatable bonds is 7. The zero-order chi connectivity index (χ0) is 16.0. The normalized spacial score (nSPS) is 11.6. The minimum absolute atomic E-state index is 0.0639. The average Bonchev–Trinajstić information content (AvgIpc) is 3.09. The van der Waals surface area contributed by atoms with E-state index in [-0.39, 0.29) is 31.1 Å². The molecule has 0 bridgehead atoms. The number of nitrogens with zero attached hydrogens (tertiary/aromatic N) is 5. The van der Waals surface area contributed by atoms with Crippen LogP contribution in [0, 0.1) is 0 Å². The molecule has 0 fully saturated rings. The van der Waals surface area contributed by atoms with Gasteiger partial charge in [0.15, 0.2) is 5.82 Å². The molecule has 0 unspecified atom stereocenters. The summed E-state index contributed by atoms with van der Waals surface area (Å²) in [6, 6.07) is 0. The van der Waals surface area contributed by atoms with Crippen molar-refractivity contribution in [3.63, 3.8) is 0 Å². The maximum Gasteiger partial charge on any atom is 0.471 e. The topological polar surface area (TPSA) is 98.7 Å². The SMILES string of the molecule is O=C(CCCn1cncn1)NCCc1noc(C(F)(F)F)n1. The summed E-state index contributed by atoms with van der Waals surface area (Å²) in [4.78, 5) is 18.5. The molecule has 1 N–H and O–H groups in total. The molecule has 0 aliphatic heterocycles. The molecule has 0 saturated carbocycles. The van der Waals surface area contributed by atoms with Crippen molar-refractivity contribution in [1.82, 2.24) is 30.2 Å². The summed E-state index contributed by atoms with van der Waals surface area (Å²) in [6.07, 6.45) is -0.785. The second-order valence-corrected chi connectivity index (χ2v) is 4.38. The van der Waals surface area contributed by atoms with Gasteiger partial charge in [0, 0.05) is 25.9 Å². The van der Waals surface area contributed by atoms with Gasteiger partial charge in [0.25, 0.3) is 0 Å². The zero-order valence-electron chi connectivity index (χ0n) is 11.4. The Hall–Kier alpha value is -2.46. The second kappa shape index (κ2) is 7.00. The van der Waals surface area contributed by atoms with Gasteiger partial charge in [0.1, 0.15) is 12.7 Å². The summed E-state index contributed by atoms with van der Waals surface area (Å²) in [6.45, 7) is 0.701. The van der Waals surface area contributed by atoms with E-state index >= 15 is 0 Å². The van der Waals surface area contributed by atoms with Crippen molar-refractivity contribution >= 4 is 5.91 Å². The Labute approximate surface area is 122 Å². The number of alkyl halides is 3. The smallest absolute Gasteiger partial charge is 0.356 e. The Balaban J connectivity index is 1.63. The molecule has 0 radical (unpaired) electrons. The van der Waals surface area contributed by atoms with E-state index in [0.29, 0.717) is 13.0 Å². The molecule has 0 aliphatic rings. The molecule has 2 rings (SSSR count). The van der Waals surface area contributed by atoms with Crippen LogP contribution in [0.5, 0.6) is 0 Å². The van der Waals surface area contributed by atoms with Gasteiger partial charge >= 0.3 is 12.1 Å². The molecular weight excluding hydrogens is 305 g/mol. The first-order valence-electron chi connectivity index (χ1n) is 6.44. The van der Waals surface area contributed by atoms with Crippen LogP contribution in [0.15, 0.2) is 17.2 Å². The highest BCUT2D eigenvalue weighted by Gasteiger charge is 2.38. The van der Waals surface area contributed by atoms with Crippen LogP contribution in [0.25, 0.3) is 0 Å². The van der Waals surface area contributed by atoms with Gasteiger partial charge in [-0.05, 0) is 6.42 Å². The number of hydrogen-bond donors (Lipinski definition) is 1. The summed E-state index contributed by atoms with van der Waals surface area (Å²) in [5.74, 6) is -1.70. The Morgan fingerprint density at radius 3 is 2.86 bits per heavy atom. The third-order valence-corrected chi connectivity index (χ3v) is 2.64. The van der Waals surface area contributed by atoms with Crippen molar-refractivity contribution in [2.45, 2.75) is 32.0 Å². The zero-order valence-corrected chi connectivity index (χ0v) is 11.4. The predicted octanol–water partition coefficient (Wildman–Crippen LogP) is 0.819. The molecule has 2 aromatic rings. The summed E-state index contributed by atoms with van der Waals surface area (Å²) in [7, 11) is 0. The lowest BCUT2D eigenvalue weighted by Gasteiger charge is -2.03. The van der Waals surface area contributed by atoms with Crippen molar-refractivity contribution in [2.24, 2.45) is 0 Å². The Kier molecular flexibility index (Phi) is 5.07. The fraction of sp³-hybridized carbons (Fsp3) is 0.545. The Morgan fingerprint density at radius 2 is 2.23 bits per heavy atom. The standard InChI is InChI=1S/C11H13F3N6O2/c12-11(13,14)10-18-8(19-22-10)3-4-16-9(21)2-1-5-20-7-15-6-17-20/h6-7H,1-5H2,(H,16,21). The predicted molar refractivity (Wildman–Crippen MR) is 65.3 cm³/mol. The van der Waals surface area contributed by atoms with Gasteiger partial charge < -0.3 is 9.84 Å². The highest BCUT2D eigenvalue weighted by atomic mass is 19.4. The molecule has 0 saturated heterocycles. The molecule has 0 aliphatic carbocycles. The Bertz CT molecular complexity index is 595. The van der Waals surface area contributed by atoms with Crippen molar-refractivity contribution in [3.05, 3.63) is 24.4 Å². The molecule has 2 aromatic heterocycles. The number of aryl methyl sites for hydroxylation is 1. The van der Waals surface area contributed by atoms with E-state index in [0.717, 1.165) is 0 Å². The molecule has 8 nitrogen and oxygen atoms in total. The summed E-state index contributed by atoms with van der Waals surface area (Å²) in [5, 5.41) is 9.66. The Morgan fingerprint density at radius 1 is 1.41 bits per heavy atom. The highest BCUT2D eigenvalue weighted by molar-refractivity contribution is 5.75. The first-order valence-corrected chi connectivity index (χ1v) is 6.44. The molecule has 120 valence electrons. The summed E-state index contributed by atoms with van der Waals surface area (Å²) >= 11 is 0. The molecular formula is C11H13F3N6O2. The lowest BCUT2D eigenvalue weighted by Crippen LogP contribution is -2.26. The summed E-state index contributed by atoms with van der Waals surface area (Å²) < 4.78 is 42.4. The van der Waals surface area contributed by atoms with Crippen molar-refractivity contribution < 1.29 is 22.5 Å². The number of carbonyl (C=O) groups is 1. The van der Waals surface area contributed by atoms with Crippen molar-refractivity contribution in [2.75, 3.05) is 6.54 Å². The number of hydrogen-bond acceptors (Lipinski definition) is 6. The van der Waals surface area contributed by atoms with E-state index in [9.17, 15) is 18.0 Å². The van der Waals surface area contributed by atoms with Crippen LogP contribution in [0.4, 0.5) is 13.2 Å². The highest BCUT2D eigenvalue weighted by Crippen LogP contribution is 2.27. The number of carbonyl (C=O) groups excluding carboxylic acids is 1. The maximum absolute atomic E-state index is 12.2. The maximum atomic E-state index is 12.2. The van der Waals surface area contributed by atoms with Crippen LogP contribution in [-0.4, -0.2) is 37.4 Å². The minimum Gasteiger partial charge on any atom is -0.356 e. The monoisotopic (exact) mass is 318 g/mol. The molecule has 11 heteroatoms. The van der Waals surface area contributed by atoms with E-state index < -0.39 is 12.1 Å².